The molecule has 0 saturated heterocycles. The summed E-state index contributed by atoms with van der Waals surface area (Å²) in [4.78, 5) is 10.6. The average Bonchev–Trinajstić information content (AvgIpc) is 2.33. The van der Waals surface area contributed by atoms with Gasteiger partial charge in [0.25, 0.3) is 0 Å². The Morgan fingerprint density at radius 1 is 1.28 bits per heavy atom. The second-order valence-corrected chi connectivity index (χ2v) is 4.08. The number of benzene rings is 1. The fourth-order valence-electron chi connectivity index (χ4n) is 1.61. The number of hydrogen-bond donors (Lipinski definition) is 3. The molecule has 0 fully saturated rings. The van der Waals surface area contributed by atoms with Crippen molar-refractivity contribution in [2.24, 2.45) is 0 Å². The average molecular weight is 255 g/mol. The van der Waals surface area contributed by atoms with Crippen LogP contribution in [0.15, 0.2) is 18.2 Å². The Morgan fingerprint density at radius 2 is 2.06 bits per heavy atom. The lowest BCUT2D eigenvalue weighted by molar-refractivity contribution is 0.0692. The highest BCUT2D eigenvalue weighted by Gasteiger charge is 2.09. The molecule has 0 heterocycles. The van der Waals surface area contributed by atoms with Crippen LogP contribution < -0.4 is 5.32 Å². The number of halogens is 1. The highest BCUT2D eigenvalue weighted by atomic mass is 19.1. The zero-order valence-electron chi connectivity index (χ0n) is 10.2. The predicted molar refractivity (Wildman–Crippen MR) is 66.0 cm³/mol. The standard InChI is InChI=1S/C13H18FNO3/c14-12-8-10(4-5-11(12)13(17)18)9-15-6-2-1-3-7-16/h4-5,8,15-16H,1-3,6-7,9H2,(H,17,18). The maximum absolute atomic E-state index is 13.3. The minimum Gasteiger partial charge on any atom is -0.478 e. The fourth-order valence-corrected chi connectivity index (χ4v) is 1.61. The van der Waals surface area contributed by atoms with Crippen molar-refractivity contribution in [1.29, 1.82) is 0 Å². The van der Waals surface area contributed by atoms with E-state index in [1.165, 1.54) is 12.1 Å². The minimum absolute atomic E-state index is 0.210. The van der Waals surface area contributed by atoms with Crippen LogP contribution in [-0.4, -0.2) is 29.3 Å². The molecule has 3 N–H and O–H groups in total. The minimum atomic E-state index is -1.25. The molecule has 100 valence electrons. The Balaban J connectivity index is 2.35. The Kier molecular flexibility index (Phi) is 6.32. The maximum Gasteiger partial charge on any atom is 0.338 e. The molecule has 0 aliphatic rings. The first-order chi connectivity index (χ1) is 8.65. The number of aromatic carboxylic acids is 1. The van der Waals surface area contributed by atoms with Gasteiger partial charge in [0, 0.05) is 13.2 Å². The van der Waals surface area contributed by atoms with E-state index in [1.54, 1.807) is 6.07 Å². The first-order valence-electron chi connectivity index (χ1n) is 5.98. The van der Waals surface area contributed by atoms with Gasteiger partial charge in [-0.2, -0.15) is 0 Å². The van der Waals surface area contributed by atoms with Gasteiger partial charge >= 0.3 is 5.97 Å². The van der Waals surface area contributed by atoms with Crippen LogP contribution >= 0.6 is 0 Å². The van der Waals surface area contributed by atoms with Gasteiger partial charge in [-0.25, -0.2) is 9.18 Å². The molecule has 0 unspecified atom stereocenters. The zero-order valence-corrected chi connectivity index (χ0v) is 10.2. The van der Waals surface area contributed by atoms with E-state index in [1.807, 2.05) is 0 Å². The van der Waals surface area contributed by atoms with E-state index in [4.69, 9.17) is 10.2 Å². The summed E-state index contributed by atoms with van der Waals surface area (Å²) in [7, 11) is 0. The van der Waals surface area contributed by atoms with Gasteiger partial charge in [-0.15, -0.1) is 0 Å². The molecule has 0 spiro atoms. The molecule has 18 heavy (non-hydrogen) atoms. The lowest BCUT2D eigenvalue weighted by Crippen LogP contribution is -2.15. The van der Waals surface area contributed by atoms with Gasteiger partial charge < -0.3 is 15.5 Å². The van der Waals surface area contributed by atoms with Crippen molar-refractivity contribution in [2.45, 2.75) is 25.8 Å². The molecule has 0 aliphatic heterocycles. The predicted octanol–water partition coefficient (Wildman–Crippen LogP) is 1.78. The quantitative estimate of drug-likeness (QED) is 0.619. The van der Waals surface area contributed by atoms with Crippen LogP contribution in [0.2, 0.25) is 0 Å². The van der Waals surface area contributed by atoms with Crippen molar-refractivity contribution in [3.63, 3.8) is 0 Å². The van der Waals surface area contributed by atoms with Crippen LogP contribution in [0.25, 0.3) is 0 Å². The molecule has 0 aliphatic carbocycles. The van der Waals surface area contributed by atoms with Crippen molar-refractivity contribution >= 4 is 5.97 Å². The lowest BCUT2D eigenvalue weighted by atomic mass is 10.1. The van der Waals surface area contributed by atoms with Crippen LogP contribution in [0.1, 0.15) is 35.2 Å². The summed E-state index contributed by atoms with van der Waals surface area (Å²) in [6.07, 6.45) is 2.70. The number of aliphatic hydroxyl groups excluding tert-OH is 1. The van der Waals surface area contributed by atoms with E-state index in [-0.39, 0.29) is 12.2 Å². The Hall–Kier alpha value is -1.46. The van der Waals surface area contributed by atoms with Crippen LogP contribution in [0.3, 0.4) is 0 Å². The monoisotopic (exact) mass is 255 g/mol. The van der Waals surface area contributed by atoms with Gasteiger partial charge in [-0.3, -0.25) is 0 Å². The number of carboxylic acids is 1. The molecular formula is C13H18FNO3. The van der Waals surface area contributed by atoms with Gasteiger partial charge in [-0.1, -0.05) is 6.07 Å². The molecule has 0 saturated carbocycles. The van der Waals surface area contributed by atoms with E-state index in [9.17, 15) is 9.18 Å². The largest absolute Gasteiger partial charge is 0.478 e. The maximum atomic E-state index is 13.3. The summed E-state index contributed by atoms with van der Waals surface area (Å²) in [5.74, 6) is -1.96. The summed E-state index contributed by atoms with van der Waals surface area (Å²) >= 11 is 0. The first kappa shape index (κ1) is 14.6. The van der Waals surface area contributed by atoms with Crippen molar-refractivity contribution in [3.8, 4) is 0 Å². The van der Waals surface area contributed by atoms with Crippen molar-refractivity contribution in [1.82, 2.24) is 5.32 Å². The summed E-state index contributed by atoms with van der Waals surface area (Å²) < 4.78 is 13.3. The number of aliphatic hydroxyl groups is 1. The van der Waals surface area contributed by atoms with Crippen molar-refractivity contribution in [2.75, 3.05) is 13.2 Å². The van der Waals surface area contributed by atoms with Crippen molar-refractivity contribution in [3.05, 3.63) is 35.1 Å². The number of hydrogen-bond acceptors (Lipinski definition) is 3. The van der Waals surface area contributed by atoms with E-state index in [0.29, 0.717) is 6.54 Å². The van der Waals surface area contributed by atoms with Gasteiger partial charge in [0.15, 0.2) is 0 Å². The van der Waals surface area contributed by atoms with Gasteiger partial charge in [-0.05, 0) is 43.5 Å². The summed E-state index contributed by atoms with van der Waals surface area (Å²) in [6, 6.07) is 4.12. The summed E-state index contributed by atoms with van der Waals surface area (Å²) in [5, 5.41) is 20.4. The van der Waals surface area contributed by atoms with Crippen LogP contribution in [0, 0.1) is 5.82 Å². The summed E-state index contributed by atoms with van der Waals surface area (Å²) in [6.45, 7) is 1.51. The molecule has 0 atom stereocenters. The molecule has 0 bridgehead atoms. The zero-order chi connectivity index (χ0) is 13.4. The molecule has 0 radical (unpaired) electrons. The van der Waals surface area contributed by atoms with E-state index in [2.05, 4.69) is 5.32 Å². The Bertz CT molecular complexity index is 396. The lowest BCUT2D eigenvalue weighted by Gasteiger charge is -2.06. The number of carbonyl (C=O) groups is 1. The third kappa shape index (κ3) is 4.81. The van der Waals surface area contributed by atoms with Gasteiger partial charge in [0.1, 0.15) is 5.82 Å². The normalized spacial score (nSPS) is 10.6. The van der Waals surface area contributed by atoms with Gasteiger partial charge in [0.2, 0.25) is 0 Å². The highest BCUT2D eigenvalue weighted by Crippen LogP contribution is 2.10. The molecule has 4 nitrogen and oxygen atoms in total. The van der Waals surface area contributed by atoms with E-state index < -0.39 is 11.8 Å². The topological polar surface area (TPSA) is 69.6 Å². The number of rotatable bonds is 8. The Morgan fingerprint density at radius 3 is 2.67 bits per heavy atom. The number of carboxylic acid groups (broad SMARTS) is 1. The molecule has 1 aromatic rings. The molecule has 1 rings (SSSR count). The van der Waals surface area contributed by atoms with E-state index >= 15 is 0 Å². The van der Waals surface area contributed by atoms with Crippen LogP contribution in [0.4, 0.5) is 4.39 Å². The van der Waals surface area contributed by atoms with Crippen molar-refractivity contribution < 1.29 is 19.4 Å². The number of unbranched alkanes of at least 4 members (excludes halogenated alkanes) is 2. The SMILES string of the molecule is O=C(O)c1ccc(CNCCCCCO)cc1F. The molecule has 0 amide bonds. The van der Waals surface area contributed by atoms with Gasteiger partial charge in [0.05, 0.1) is 5.56 Å². The Labute approximate surface area is 105 Å². The smallest absolute Gasteiger partial charge is 0.338 e. The first-order valence-corrected chi connectivity index (χ1v) is 5.98. The fraction of sp³-hybridized carbons (Fsp3) is 0.462. The third-order valence-corrected chi connectivity index (χ3v) is 2.60. The second kappa shape index (κ2) is 7.79. The molecule has 1 aromatic carbocycles. The molecule has 0 aromatic heterocycles. The third-order valence-electron chi connectivity index (χ3n) is 2.60. The second-order valence-electron chi connectivity index (χ2n) is 4.08. The molecule has 5 heteroatoms. The number of nitrogens with one attached hydrogen (secondary N) is 1. The molecular weight excluding hydrogens is 237 g/mol. The highest BCUT2D eigenvalue weighted by molar-refractivity contribution is 5.87. The van der Waals surface area contributed by atoms with Crippen LogP contribution in [0.5, 0.6) is 0 Å². The van der Waals surface area contributed by atoms with Crippen LogP contribution in [-0.2, 0) is 6.54 Å². The van der Waals surface area contributed by atoms with E-state index in [0.717, 1.165) is 31.4 Å². The summed E-state index contributed by atoms with van der Waals surface area (Å²) in [5.41, 5.74) is 0.418.